The van der Waals surface area contributed by atoms with Crippen LogP contribution in [0.15, 0.2) is 18.2 Å². The molecule has 1 aromatic carbocycles. The van der Waals surface area contributed by atoms with Gasteiger partial charge in [0.25, 0.3) is 0 Å². The molecule has 0 spiro atoms. The highest BCUT2D eigenvalue weighted by Crippen LogP contribution is 2.22. The summed E-state index contributed by atoms with van der Waals surface area (Å²) >= 11 is 0. The Balaban J connectivity index is 0.00000625. The van der Waals surface area contributed by atoms with Crippen LogP contribution in [0.5, 0.6) is 5.75 Å². The van der Waals surface area contributed by atoms with Gasteiger partial charge in [0.1, 0.15) is 5.75 Å². The van der Waals surface area contributed by atoms with Gasteiger partial charge >= 0.3 is 0 Å². The van der Waals surface area contributed by atoms with Crippen LogP contribution in [0.25, 0.3) is 0 Å². The lowest BCUT2D eigenvalue weighted by molar-refractivity contribution is -0.127. The van der Waals surface area contributed by atoms with Gasteiger partial charge in [0.2, 0.25) is 11.8 Å². The Labute approximate surface area is 162 Å². The number of hydrogen-bond acceptors (Lipinski definition) is 4. The van der Waals surface area contributed by atoms with Crippen LogP contribution in [0.2, 0.25) is 0 Å². The average molecular weight is 386 g/mol. The highest BCUT2D eigenvalue weighted by Gasteiger charge is 2.17. The maximum Gasteiger partial charge on any atom is 0.239 e. The molecule has 0 saturated heterocycles. The van der Waals surface area contributed by atoms with Gasteiger partial charge in [0.05, 0.1) is 18.7 Å². The second-order valence-corrected chi connectivity index (χ2v) is 6.71. The predicted octanol–water partition coefficient (Wildman–Crippen LogP) is 2.31. The molecule has 1 rings (SSSR count). The zero-order valence-electron chi connectivity index (χ0n) is 16.3. The summed E-state index contributed by atoms with van der Waals surface area (Å²) in [5, 5.41) is 5.36. The number of halogens is 1. The molecule has 0 radical (unpaired) electrons. The number of aryl methyl sites for hydroxylation is 1. The van der Waals surface area contributed by atoms with E-state index in [1.165, 1.54) is 0 Å². The number of benzene rings is 1. The van der Waals surface area contributed by atoms with Crippen LogP contribution in [-0.4, -0.2) is 30.5 Å². The molecule has 148 valence electrons. The normalized spacial score (nSPS) is 12.7. The topological polar surface area (TPSA) is 93.5 Å². The van der Waals surface area contributed by atoms with Crippen molar-refractivity contribution in [3.63, 3.8) is 0 Å². The maximum absolute atomic E-state index is 12.0. The Hall–Kier alpha value is -1.79. The second-order valence-electron chi connectivity index (χ2n) is 6.71. The van der Waals surface area contributed by atoms with E-state index in [-0.39, 0.29) is 42.8 Å². The first-order valence-corrected chi connectivity index (χ1v) is 8.80. The summed E-state index contributed by atoms with van der Waals surface area (Å²) < 4.78 is 5.93. The SMILES string of the molecule is CCC(C)Oc1cc(C)ccc1CNC(=O)CNC(=O)[C@@H](N)C(C)C.Cl. The molecule has 7 heteroatoms. The minimum absolute atomic E-state index is 0. The molecule has 0 bridgehead atoms. The van der Waals surface area contributed by atoms with Crippen molar-refractivity contribution in [2.45, 2.75) is 59.7 Å². The van der Waals surface area contributed by atoms with Crippen molar-refractivity contribution >= 4 is 24.2 Å². The molecule has 1 aromatic rings. The molecule has 26 heavy (non-hydrogen) atoms. The first-order valence-electron chi connectivity index (χ1n) is 8.80. The number of nitrogens with one attached hydrogen (secondary N) is 2. The van der Waals surface area contributed by atoms with Gasteiger partial charge in [-0.05, 0) is 37.8 Å². The maximum atomic E-state index is 12.0. The van der Waals surface area contributed by atoms with Crippen molar-refractivity contribution < 1.29 is 14.3 Å². The van der Waals surface area contributed by atoms with Gasteiger partial charge in [-0.25, -0.2) is 0 Å². The zero-order valence-corrected chi connectivity index (χ0v) is 17.1. The minimum Gasteiger partial charge on any atom is -0.490 e. The van der Waals surface area contributed by atoms with Crippen LogP contribution in [0.4, 0.5) is 0 Å². The van der Waals surface area contributed by atoms with E-state index < -0.39 is 6.04 Å². The molecule has 0 fully saturated rings. The Kier molecular flexibility index (Phi) is 10.9. The number of carbonyl (C=O) groups excluding carboxylic acids is 2. The van der Waals surface area contributed by atoms with Gasteiger partial charge < -0.3 is 21.1 Å². The summed E-state index contributed by atoms with van der Waals surface area (Å²) in [5.74, 6) is 0.219. The lowest BCUT2D eigenvalue weighted by Crippen LogP contribution is -2.47. The van der Waals surface area contributed by atoms with Crippen molar-refractivity contribution in [3.05, 3.63) is 29.3 Å². The molecule has 4 N–H and O–H groups in total. The summed E-state index contributed by atoms with van der Waals surface area (Å²) in [4.78, 5) is 23.7. The van der Waals surface area contributed by atoms with E-state index in [0.29, 0.717) is 6.54 Å². The lowest BCUT2D eigenvalue weighted by atomic mass is 10.1. The summed E-state index contributed by atoms with van der Waals surface area (Å²) in [7, 11) is 0. The smallest absolute Gasteiger partial charge is 0.239 e. The highest BCUT2D eigenvalue weighted by atomic mass is 35.5. The van der Waals surface area contributed by atoms with E-state index in [2.05, 4.69) is 17.6 Å². The minimum atomic E-state index is -0.611. The van der Waals surface area contributed by atoms with E-state index in [1.54, 1.807) is 0 Å². The summed E-state index contributed by atoms with van der Waals surface area (Å²) in [5.41, 5.74) is 7.75. The Bertz CT molecular complexity index is 593. The van der Waals surface area contributed by atoms with Crippen LogP contribution in [0, 0.1) is 12.8 Å². The van der Waals surface area contributed by atoms with E-state index in [4.69, 9.17) is 10.5 Å². The number of hydrogen-bond donors (Lipinski definition) is 3. The highest BCUT2D eigenvalue weighted by molar-refractivity contribution is 5.87. The molecule has 0 heterocycles. The van der Waals surface area contributed by atoms with E-state index >= 15 is 0 Å². The third kappa shape index (κ3) is 8.06. The van der Waals surface area contributed by atoms with Gasteiger partial charge in [-0.3, -0.25) is 9.59 Å². The van der Waals surface area contributed by atoms with Crippen molar-refractivity contribution in [3.8, 4) is 5.75 Å². The van der Waals surface area contributed by atoms with Gasteiger partial charge in [-0.1, -0.05) is 32.9 Å². The summed E-state index contributed by atoms with van der Waals surface area (Å²) in [6.45, 7) is 10.1. The van der Waals surface area contributed by atoms with Crippen LogP contribution >= 0.6 is 12.4 Å². The number of nitrogens with two attached hydrogens (primary N) is 1. The molecule has 1 unspecified atom stereocenters. The number of carbonyl (C=O) groups is 2. The first kappa shape index (κ1) is 24.2. The summed E-state index contributed by atoms with van der Waals surface area (Å²) in [6.07, 6.45) is 1.01. The standard InChI is InChI=1S/C19H31N3O3.ClH/c1-6-14(5)25-16-9-13(4)7-8-15(16)10-21-17(23)11-22-19(24)18(20)12(2)3;/h7-9,12,14,18H,6,10-11,20H2,1-5H3,(H,21,23)(H,22,24);1H/t14?,18-;/m0./s1. The second kappa shape index (κ2) is 11.8. The Morgan fingerprint density at radius 1 is 1.19 bits per heavy atom. The Morgan fingerprint density at radius 3 is 2.42 bits per heavy atom. The number of rotatable bonds is 9. The molecular weight excluding hydrogens is 354 g/mol. The molecule has 6 nitrogen and oxygen atoms in total. The van der Waals surface area contributed by atoms with Crippen LogP contribution in [-0.2, 0) is 16.1 Å². The predicted molar refractivity (Wildman–Crippen MR) is 106 cm³/mol. The molecule has 0 aromatic heterocycles. The van der Waals surface area contributed by atoms with Crippen molar-refractivity contribution in [1.29, 1.82) is 0 Å². The average Bonchev–Trinajstić information content (AvgIpc) is 2.57. The van der Waals surface area contributed by atoms with Gasteiger partial charge in [-0.15, -0.1) is 12.4 Å². The fraction of sp³-hybridized carbons (Fsp3) is 0.579. The quantitative estimate of drug-likeness (QED) is 0.608. The molecule has 0 saturated carbocycles. The third-order valence-electron chi connectivity index (χ3n) is 4.05. The van der Waals surface area contributed by atoms with Crippen LogP contribution in [0.3, 0.4) is 0 Å². The third-order valence-corrected chi connectivity index (χ3v) is 4.05. The van der Waals surface area contributed by atoms with E-state index in [9.17, 15) is 9.59 Å². The molecule has 0 aliphatic carbocycles. The molecular formula is C19H32ClN3O3. The molecule has 2 amide bonds. The van der Waals surface area contributed by atoms with E-state index in [0.717, 1.165) is 23.3 Å². The van der Waals surface area contributed by atoms with Crippen LogP contribution in [0.1, 0.15) is 45.2 Å². The molecule has 2 atom stereocenters. The lowest BCUT2D eigenvalue weighted by Gasteiger charge is -2.18. The first-order chi connectivity index (χ1) is 11.7. The monoisotopic (exact) mass is 385 g/mol. The van der Waals surface area contributed by atoms with Crippen LogP contribution < -0.4 is 21.1 Å². The summed E-state index contributed by atoms with van der Waals surface area (Å²) in [6, 6.07) is 5.28. The van der Waals surface area contributed by atoms with Crippen molar-refractivity contribution in [1.82, 2.24) is 10.6 Å². The van der Waals surface area contributed by atoms with Crippen molar-refractivity contribution in [2.75, 3.05) is 6.54 Å². The van der Waals surface area contributed by atoms with Gasteiger partial charge in [0, 0.05) is 12.1 Å². The van der Waals surface area contributed by atoms with Crippen molar-refractivity contribution in [2.24, 2.45) is 11.7 Å². The molecule has 0 aliphatic heterocycles. The fourth-order valence-corrected chi connectivity index (χ4v) is 2.06. The Morgan fingerprint density at radius 2 is 1.85 bits per heavy atom. The van der Waals surface area contributed by atoms with Gasteiger partial charge in [0.15, 0.2) is 0 Å². The largest absolute Gasteiger partial charge is 0.490 e. The zero-order chi connectivity index (χ0) is 19.0. The number of ether oxygens (including phenoxy) is 1. The van der Waals surface area contributed by atoms with Gasteiger partial charge in [-0.2, -0.15) is 0 Å². The van der Waals surface area contributed by atoms with E-state index in [1.807, 2.05) is 45.9 Å². The molecule has 0 aliphatic rings. The number of amides is 2. The fourth-order valence-electron chi connectivity index (χ4n) is 2.06.